The summed E-state index contributed by atoms with van der Waals surface area (Å²) in [5.74, 6) is -0.969. The maximum absolute atomic E-state index is 13.9. The van der Waals surface area contributed by atoms with E-state index in [1.807, 2.05) is 0 Å². The fourth-order valence-electron chi connectivity index (χ4n) is 5.77. The van der Waals surface area contributed by atoms with Gasteiger partial charge in [0.05, 0.1) is 23.2 Å². The van der Waals surface area contributed by atoms with Crippen molar-refractivity contribution in [3.05, 3.63) is 70.0 Å². The van der Waals surface area contributed by atoms with Crippen LogP contribution in [-0.4, -0.2) is 46.9 Å². The lowest BCUT2D eigenvalue weighted by atomic mass is 9.79. The van der Waals surface area contributed by atoms with Gasteiger partial charge in [-0.1, -0.05) is 6.07 Å². The molecule has 13 heteroatoms. The third kappa shape index (κ3) is 6.18. The van der Waals surface area contributed by atoms with Crippen LogP contribution < -0.4 is 11.1 Å². The Balaban J connectivity index is 1.63. The summed E-state index contributed by atoms with van der Waals surface area (Å²) in [6.07, 6.45) is -8.11. The molecule has 0 saturated carbocycles. The van der Waals surface area contributed by atoms with Crippen LogP contribution in [0.5, 0.6) is 0 Å². The lowest BCUT2D eigenvalue weighted by molar-refractivity contribution is -0.143. The molecule has 2 saturated heterocycles. The molecule has 218 valence electrons. The van der Waals surface area contributed by atoms with E-state index in [-0.39, 0.29) is 18.2 Å². The summed E-state index contributed by atoms with van der Waals surface area (Å²) in [4.78, 5) is 28.0. The second-order valence-electron chi connectivity index (χ2n) is 10.6. The van der Waals surface area contributed by atoms with Crippen molar-refractivity contribution >= 4 is 11.9 Å². The van der Waals surface area contributed by atoms with Crippen LogP contribution in [0.4, 0.5) is 35.5 Å². The average molecular weight is 575 g/mol. The zero-order valence-corrected chi connectivity index (χ0v) is 21.8. The highest BCUT2D eigenvalue weighted by atomic mass is 19.4. The Morgan fingerprint density at radius 3 is 2.20 bits per heavy atom. The molecule has 2 heterocycles. The molecule has 4 rings (SSSR count). The Kier molecular flexibility index (Phi) is 7.83. The number of primary amides is 1. The highest BCUT2D eigenvalue weighted by Crippen LogP contribution is 2.44. The summed E-state index contributed by atoms with van der Waals surface area (Å²) in [5.41, 5.74) is 2.91. The van der Waals surface area contributed by atoms with Crippen LogP contribution in [0.25, 0.3) is 0 Å². The number of hydrogen-bond donors (Lipinski definition) is 2. The Morgan fingerprint density at radius 1 is 1.05 bits per heavy atom. The van der Waals surface area contributed by atoms with Crippen molar-refractivity contribution in [3.8, 4) is 0 Å². The van der Waals surface area contributed by atoms with E-state index in [0.717, 1.165) is 4.90 Å². The Bertz CT molecular complexity index is 1260. The Morgan fingerprint density at radius 2 is 1.68 bits per heavy atom. The van der Waals surface area contributed by atoms with E-state index in [1.54, 1.807) is 13.0 Å². The molecular formula is C27H29F7N4O2. The maximum atomic E-state index is 13.9. The highest BCUT2D eigenvalue weighted by Gasteiger charge is 2.48. The summed E-state index contributed by atoms with van der Waals surface area (Å²) in [6, 6.07) is 3.60. The van der Waals surface area contributed by atoms with Crippen LogP contribution in [0.15, 0.2) is 36.4 Å². The van der Waals surface area contributed by atoms with Crippen molar-refractivity contribution in [1.29, 1.82) is 0 Å². The lowest BCUT2D eigenvalue weighted by Crippen LogP contribution is -2.57. The van der Waals surface area contributed by atoms with E-state index >= 15 is 0 Å². The number of nitrogens with zero attached hydrogens (tertiary/aromatic N) is 2. The number of amides is 3. The maximum Gasteiger partial charge on any atom is 0.416 e. The predicted octanol–water partition coefficient (Wildman–Crippen LogP) is 5.54. The number of rotatable bonds is 4. The van der Waals surface area contributed by atoms with Crippen LogP contribution in [0.3, 0.4) is 0 Å². The average Bonchev–Trinajstić information content (AvgIpc) is 3.26. The molecule has 2 aliphatic heterocycles. The molecule has 3 N–H and O–H groups in total. The molecule has 2 aromatic rings. The van der Waals surface area contributed by atoms with Crippen LogP contribution in [0.1, 0.15) is 59.5 Å². The van der Waals surface area contributed by atoms with Crippen molar-refractivity contribution in [2.75, 3.05) is 13.6 Å². The van der Waals surface area contributed by atoms with Gasteiger partial charge in [-0.15, -0.1) is 0 Å². The first-order valence-electron chi connectivity index (χ1n) is 12.6. The van der Waals surface area contributed by atoms with Gasteiger partial charge in [0.25, 0.3) is 0 Å². The highest BCUT2D eigenvalue weighted by molar-refractivity contribution is 5.80. The number of nitrogens with two attached hydrogens (primary N) is 1. The Hall–Kier alpha value is -3.35. The van der Waals surface area contributed by atoms with E-state index in [1.165, 1.54) is 24.1 Å². The smallest absolute Gasteiger partial charge is 0.368 e. The first kappa shape index (κ1) is 29.6. The van der Waals surface area contributed by atoms with E-state index in [2.05, 4.69) is 5.32 Å². The zero-order valence-electron chi connectivity index (χ0n) is 21.8. The second-order valence-corrected chi connectivity index (χ2v) is 10.6. The minimum atomic E-state index is -5.01. The number of benzene rings is 2. The third-order valence-electron chi connectivity index (χ3n) is 7.76. The molecule has 2 fully saturated rings. The number of urea groups is 1. The molecule has 1 spiro atoms. The number of aryl methyl sites for hydroxylation is 1. The number of piperidine rings is 1. The van der Waals surface area contributed by atoms with Crippen LogP contribution in [0.2, 0.25) is 0 Å². The molecule has 40 heavy (non-hydrogen) atoms. The van der Waals surface area contributed by atoms with E-state index in [4.69, 9.17) is 5.73 Å². The standard InChI is InChI=1S/C27H29F7N4O2/c1-15-9-19(28)3-4-20(15)22-13-25(6-5-21(36-25)23(35)39)7-8-38(22)24(40)37(2)14-16-10-17(26(29,30)31)12-18(11-16)27(32,33)34/h3-4,9-12,21-22,36H,5-8,13-14H2,1-2H3,(H2,35,39). The van der Waals surface area contributed by atoms with Gasteiger partial charge in [-0.2, -0.15) is 26.3 Å². The number of carbonyl (C=O) groups is 2. The van der Waals surface area contributed by atoms with Gasteiger partial charge in [-0.3, -0.25) is 4.79 Å². The molecular weight excluding hydrogens is 545 g/mol. The normalized spacial score (nSPS) is 23.5. The lowest BCUT2D eigenvalue weighted by Gasteiger charge is -2.47. The molecule has 3 atom stereocenters. The van der Waals surface area contributed by atoms with Gasteiger partial charge in [0.2, 0.25) is 5.91 Å². The fraction of sp³-hybridized carbons (Fsp3) is 0.481. The molecule has 0 aliphatic carbocycles. The fourth-order valence-corrected chi connectivity index (χ4v) is 5.77. The van der Waals surface area contributed by atoms with Gasteiger partial charge >= 0.3 is 18.4 Å². The number of carbonyl (C=O) groups excluding carboxylic acids is 2. The van der Waals surface area contributed by atoms with Gasteiger partial charge in [-0.25, -0.2) is 9.18 Å². The molecule has 0 bridgehead atoms. The summed E-state index contributed by atoms with van der Waals surface area (Å²) in [7, 11) is 1.30. The molecule has 3 unspecified atom stereocenters. The first-order valence-corrected chi connectivity index (χ1v) is 12.6. The number of nitrogens with one attached hydrogen (secondary N) is 1. The first-order chi connectivity index (χ1) is 18.5. The van der Waals surface area contributed by atoms with Gasteiger partial charge in [0.1, 0.15) is 5.82 Å². The molecule has 2 aromatic carbocycles. The van der Waals surface area contributed by atoms with Gasteiger partial charge in [0, 0.05) is 25.7 Å². The minimum Gasteiger partial charge on any atom is -0.368 e. The van der Waals surface area contributed by atoms with Crippen molar-refractivity contribution in [1.82, 2.24) is 15.1 Å². The quantitative estimate of drug-likeness (QED) is 0.471. The molecule has 3 amide bonds. The summed E-state index contributed by atoms with van der Waals surface area (Å²) < 4.78 is 93.9. The monoisotopic (exact) mass is 574 g/mol. The Labute approximate surface area is 226 Å². The van der Waals surface area contributed by atoms with Crippen molar-refractivity contribution in [3.63, 3.8) is 0 Å². The molecule has 0 radical (unpaired) electrons. The topological polar surface area (TPSA) is 78.7 Å². The van der Waals surface area contributed by atoms with Crippen LogP contribution >= 0.6 is 0 Å². The summed E-state index contributed by atoms with van der Waals surface area (Å²) >= 11 is 0. The number of alkyl halides is 6. The number of halogens is 7. The van der Waals surface area contributed by atoms with Crippen LogP contribution in [-0.2, 0) is 23.7 Å². The zero-order chi connectivity index (χ0) is 29.6. The second kappa shape index (κ2) is 10.6. The SMILES string of the molecule is Cc1cc(F)ccc1C1CC2(CCC(C(N)=O)N2)CCN1C(=O)N(C)Cc1cc(C(F)(F)F)cc(C(F)(F)F)c1. The molecule has 6 nitrogen and oxygen atoms in total. The number of hydrogen-bond acceptors (Lipinski definition) is 3. The van der Waals surface area contributed by atoms with E-state index < -0.39 is 65.4 Å². The predicted molar refractivity (Wildman–Crippen MR) is 131 cm³/mol. The van der Waals surface area contributed by atoms with Crippen molar-refractivity contribution in [2.24, 2.45) is 5.73 Å². The van der Waals surface area contributed by atoms with Crippen molar-refractivity contribution in [2.45, 2.75) is 69.1 Å². The van der Waals surface area contributed by atoms with Gasteiger partial charge in [-0.05, 0) is 79.6 Å². The summed E-state index contributed by atoms with van der Waals surface area (Å²) in [5, 5.41) is 3.29. The van der Waals surface area contributed by atoms with Gasteiger partial charge in [0.15, 0.2) is 0 Å². The van der Waals surface area contributed by atoms with Crippen molar-refractivity contribution < 1.29 is 40.3 Å². The van der Waals surface area contributed by atoms with Crippen LogP contribution in [0, 0.1) is 12.7 Å². The van der Waals surface area contributed by atoms with Gasteiger partial charge < -0.3 is 20.9 Å². The number of likely N-dealkylation sites (tertiary alicyclic amines) is 1. The third-order valence-corrected chi connectivity index (χ3v) is 7.76. The van der Waals surface area contributed by atoms with E-state index in [0.29, 0.717) is 48.9 Å². The van der Waals surface area contributed by atoms with E-state index in [9.17, 15) is 40.3 Å². The minimum absolute atomic E-state index is 0.0384. The largest absolute Gasteiger partial charge is 0.416 e. The summed E-state index contributed by atoms with van der Waals surface area (Å²) in [6.45, 7) is 1.35. The molecule has 0 aromatic heterocycles. The molecule has 2 aliphatic rings.